The van der Waals surface area contributed by atoms with Gasteiger partial charge in [-0.25, -0.2) is 4.39 Å². The van der Waals surface area contributed by atoms with Crippen LogP contribution in [0.25, 0.3) is 0 Å². The fraction of sp³-hybridized carbons (Fsp3) is 0.562. The van der Waals surface area contributed by atoms with E-state index in [0.29, 0.717) is 6.42 Å². The molecule has 0 spiro atoms. The second-order valence-electron chi connectivity index (χ2n) is 5.52. The maximum atomic E-state index is 13.3. The number of carbonyl (C=O) groups excluding carboxylic acids is 1. The SMILES string of the molecule is CCC1CCC(C(=O)Cc2ccc(Cl)c(F)c2)CC1. The van der Waals surface area contributed by atoms with Gasteiger partial charge in [0.2, 0.25) is 0 Å². The number of rotatable bonds is 4. The normalized spacial score (nSPS) is 23.3. The number of benzene rings is 1. The van der Waals surface area contributed by atoms with Crippen molar-refractivity contribution >= 4 is 17.4 Å². The molecule has 0 heterocycles. The third-order valence-corrected chi connectivity index (χ3v) is 4.55. The van der Waals surface area contributed by atoms with Gasteiger partial charge in [-0.05, 0) is 49.3 Å². The highest BCUT2D eigenvalue weighted by atomic mass is 35.5. The number of halogens is 2. The summed E-state index contributed by atoms with van der Waals surface area (Å²) >= 11 is 5.64. The summed E-state index contributed by atoms with van der Waals surface area (Å²) in [4.78, 5) is 12.2. The molecule has 0 saturated heterocycles. The van der Waals surface area contributed by atoms with Gasteiger partial charge in [-0.1, -0.05) is 31.0 Å². The van der Waals surface area contributed by atoms with E-state index in [-0.39, 0.29) is 16.7 Å². The third kappa shape index (κ3) is 3.79. The topological polar surface area (TPSA) is 17.1 Å². The summed E-state index contributed by atoms with van der Waals surface area (Å²) in [6, 6.07) is 4.63. The molecule has 1 aromatic carbocycles. The molecule has 1 aliphatic carbocycles. The minimum atomic E-state index is -0.443. The molecule has 0 bridgehead atoms. The van der Waals surface area contributed by atoms with Gasteiger partial charge in [0.1, 0.15) is 11.6 Å². The number of ketones is 1. The minimum Gasteiger partial charge on any atom is -0.299 e. The largest absolute Gasteiger partial charge is 0.299 e. The number of hydrogen-bond acceptors (Lipinski definition) is 1. The van der Waals surface area contributed by atoms with E-state index in [2.05, 4.69) is 6.92 Å². The molecule has 0 radical (unpaired) electrons. The van der Waals surface area contributed by atoms with E-state index in [1.165, 1.54) is 18.6 Å². The monoisotopic (exact) mass is 282 g/mol. The Morgan fingerprint density at radius 1 is 1.32 bits per heavy atom. The van der Waals surface area contributed by atoms with Crippen LogP contribution in [0, 0.1) is 17.7 Å². The summed E-state index contributed by atoms with van der Waals surface area (Å²) in [6.45, 7) is 2.21. The van der Waals surface area contributed by atoms with Gasteiger partial charge < -0.3 is 0 Å². The average molecular weight is 283 g/mol. The Kier molecular flexibility index (Phi) is 4.98. The van der Waals surface area contributed by atoms with E-state index in [4.69, 9.17) is 11.6 Å². The molecule has 3 heteroatoms. The van der Waals surface area contributed by atoms with Crippen LogP contribution in [0.2, 0.25) is 5.02 Å². The van der Waals surface area contributed by atoms with Crippen LogP contribution in [0.1, 0.15) is 44.6 Å². The van der Waals surface area contributed by atoms with E-state index in [0.717, 1.165) is 37.2 Å². The van der Waals surface area contributed by atoms with E-state index in [1.807, 2.05) is 0 Å². The Balaban J connectivity index is 1.92. The van der Waals surface area contributed by atoms with Gasteiger partial charge in [0.15, 0.2) is 0 Å². The molecular weight excluding hydrogens is 263 g/mol. The summed E-state index contributed by atoms with van der Waals surface area (Å²) in [5.41, 5.74) is 0.726. The van der Waals surface area contributed by atoms with Gasteiger partial charge >= 0.3 is 0 Å². The van der Waals surface area contributed by atoms with Crippen molar-refractivity contribution in [1.82, 2.24) is 0 Å². The molecule has 1 aliphatic rings. The first kappa shape index (κ1) is 14.5. The maximum absolute atomic E-state index is 13.3. The Bertz CT molecular complexity index is 450. The lowest BCUT2D eigenvalue weighted by Crippen LogP contribution is -2.23. The Hall–Kier alpha value is -0.890. The van der Waals surface area contributed by atoms with Crippen molar-refractivity contribution in [3.63, 3.8) is 0 Å². The molecule has 0 aliphatic heterocycles. The highest BCUT2D eigenvalue weighted by molar-refractivity contribution is 6.30. The van der Waals surface area contributed by atoms with Crippen LogP contribution in [0.4, 0.5) is 4.39 Å². The molecule has 1 fully saturated rings. The van der Waals surface area contributed by atoms with Crippen molar-refractivity contribution in [2.75, 3.05) is 0 Å². The first-order valence-electron chi connectivity index (χ1n) is 7.06. The van der Waals surface area contributed by atoms with Gasteiger partial charge in [-0.3, -0.25) is 4.79 Å². The molecule has 1 nitrogen and oxygen atoms in total. The summed E-state index contributed by atoms with van der Waals surface area (Å²) in [6.07, 6.45) is 5.84. The first-order chi connectivity index (χ1) is 9.10. The zero-order valence-corrected chi connectivity index (χ0v) is 12.0. The Morgan fingerprint density at radius 2 is 2.00 bits per heavy atom. The van der Waals surface area contributed by atoms with Crippen LogP contribution in [0.15, 0.2) is 18.2 Å². The van der Waals surface area contributed by atoms with Crippen LogP contribution < -0.4 is 0 Å². The Morgan fingerprint density at radius 3 is 2.58 bits per heavy atom. The molecule has 0 atom stereocenters. The van der Waals surface area contributed by atoms with Gasteiger partial charge in [0.05, 0.1) is 5.02 Å². The standard InChI is InChI=1S/C16H20ClFO/c1-2-11-3-6-13(7-4-11)16(19)10-12-5-8-14(17)15(18)9-12/h5,8-9,11,13H,2-4,6-7,10H2,1H3. The van der Waals surface area contributed by atoms with Crippen molar-refractivity contribution in [1.29, 1.82) is 0 Å². The summed E-state index contributed by atoms with van der Waals surface area (Å²) < 4.78 is 13.3. The van der Waals surface area contributed by atoms with Gasteiger partial charge in [0, 0.05) is 12.3 Å². The van der Waals surface area contributed by atoms with Gasteiger partial charge in [-0.15, -0.1) is 0 Å². The van der Waals surface area contributed by atoms with Crippen molar-refractivity contribution < 1.29 is 9.18 Å². The molecule has 0 unspecified atom stereocenters. The quantitative estimate of drug-likeness (QED) is 0.775. The minimum absolute atomic E-state index is 0.111. The smallest absolute Gasteiger partial charge is 0.142 e. The predicted octanol–water partition coefficient (Wildman–Crippen LogP) is 4.81. The van der Waals surface area contributed by atoms with Crippen molar-refractivity contribution in [2.45, 2.75) is 45.4 Å². The zero-order valence-electron chi connectivity index (χ0n) is 11.3. The number of hydrogen-bond donors (Lipinski definition) is 0. The maximum Gasteiger partial charge on any atom is 0.142 e. The first-order valence-corrected chi connectivity index (χ1v) is 7.44. The molecule has 1 aromatic rings. The second-order valence-corrected chi connectivity index (χ2v) is 5.92. The average Bonchev–Trinajstić information content (AvgIpc) is 2.43. The van der Waals surface area contributed by atoms with E-state index >= 15 is 0 Å². The predicted molar refractivity (Wildman–Crippen MR) is 75.9 cm³/mol. The summed E-state index contributed by atoms with van der Waals surface area (Å²) in [7, 11) is 0. The lowest BCUT2D eigenvalue weighted by atomic mass is 9.78. The number of Topliss-reactive ketones (excluding diaryl/α,β-unsaturated/α-hetero) is 1. The molecule has 0 aromatic heterocycles. The van der Waals surface area contributed by atoms with Crippen LogP contribution in [-0.2, 0) is 11.2 Å². The molecule has 0 N–H and O–H groups in total. The Labute approximate surface area is 119 Å². The highest BCUT2D eigenvalue weighted by Crippen LogP contribution is 2.31. The van der Waals surface area contributed by atoms with Crippen LogP contribution >= 0.6 is 11.6 Å². The molecule has 19 heavy (non-hydrogen) atoms. The van der Waals surface area contributed by atoms with E-state index < -0.39 is 5.82 Å². The molecule has 104 valence electrons. The highest BCUT2D eigenvalue weighted by Gasteiger charge is 2.25. The molecule has 0 amide bonds. The summed E-state index contributed by atoms with van der Waals surface area (Å²) in [5, 5.41) is 0.111. The fourth-order valence-corrected chi connectivity index (χ4v) is 3.01. The van der Waals surface area contributed by atoms with E-state index in [9.17, 15) is 9.18 Å². The molecule has 2 rings (SSSR count). The van der Waals surface area contributed by atoms with Crippen molar-refractivity contribution in [3.05, 3.63) is 34.6 Å². The zero-order chi connectivity index (χ0) is 13.8. The van der Waals surface area contributed by atoms with Crippen molar-refractivity contribution in [3.8, 4) is 0 Å². The summed E-state index contributed by atoms with van der Waals surface area (Å²) in [5.74, 6) is 0.761. The van der Waals surface area contributed by atoms with Crippen molar-refractivity contribution in [2.24, 2.45) is 11.8 Å². The molecular formula is C16H20ClFO. The van der Waals surface area contributed by atoms with Crippen LogP contribution in [0.3, 0.4) is 0 Å². The number of carbonyl (C=O) groups is 1. The third-order valence-electron chi connectivity index (χ3n) is 4.24. The second kappa shape index (κ2) is 6.51. The van der Waals surface area contributed by atoms with E-state index in [1.54, 1.807) is 6.07 Å². The van der Waals surface area contributed by atoms with Gasteiger partial charge in [0.25, 0.3) is 0 Å². The lowest BCUT2D eigenvalue weighted by molar-refractivity contribution is -0.123. The van der Waals surface area contributed by atoms with Gasteiger partial charge in [-0.2, -0.15) is 0 Å². The van der Waals surface area contributed by atoms with Crippen LogP contribution in [-0.4, -0.2) is 5.78 Å². The fourth-order valence-electron chi connectivity index (χ4n) is 2.89. The molecule has 1 saturated carbocycles. The van der Waals surface area contributed by atoms with Crippen LogP contribution in [0.5, 0.6) is 0 Å². The lowest BCUT2D eigenvalue weighted by Gasteiger charge is -2.26.